The predicted molar refractivity (Wildman–Crippen MR) is 67.0 cm³/mol. The van der Waals surface area contributed by atoms with E-state index in [4.69, 9.17) is 9.47 Å². The van der Waals surface area contributed by atoms with Crippen molar-refractivity contribution in [2.24, 2.45) is 4.99 Å². The summed E-state index contributed by atoms with van der Waals surface area (Å²) >= 11 is 1.65. The maximum absolute atomic E-state index is 10.7. The van der Waals surface area contributed by atoms with Gasteiger partial charge >= 0.3 is 5.97 Å². The van der Waals surface area contributed by atoms with Gasteiger partial charge in [-0.2, -0.15) is 0 Å². The second-order valence-corrected chi connectivity index (χ2v) is 5.56. The molecule has 0 spiro atoms. The molecule has 0 aromatic heterocycles. The van der Waals surface area contributed by atoms with Crippen LogP contribution in [0.1, 0.15) is 19.8 Å². The van der Waals surface area contributed by atoms with E-state index in [1.54, 1.807) is 11.8 Å². The number of thioether (sulfide) groups is 1. The highest BCUT2D eigenvalue weighted by Crippen LogP contribution is 2.36. The summed E-state index contributed by atoms with van der Waals surface area (Å²) < 4.78 is 10.9. The Morgan fingerprint density at radius 2 is 2.35 bits per heavy atom. The number of carbonyl (C=O) groups excluding carboxylic acids is 1. The van der Waals surface area contributed by atoms with Crippen LogP contribution in [0.15, 0.2) is 4.99 Å². The molecule has 2 heterocycles. The van der Waals surface area contributed by atoms with Crippen LogP contribution in [0.5, 0.6) is 0 Å². The van der Waals surface area contributed by atoms with Crippen LogP contribution < -0.4 is 0 Å². The topological polar surface area (TPSA) is 51.1 Å². The fourth-order valence-corrected chi connectivity index (χ4v) is 3.08. The highest BCUT2D eigenvalue weighted by atomic mass is 32.2. The Morgan fingerprint density at radius 3 is 3.00 bits per heavy atom. The minimum Gasteiger partial charge on any atom is -0.463 e. The molecule has 0 bridgehead atoms. The molecule has 1 saturated heterocycles. The third-order valence-corrected chi connectivity index (χ3v) is 4.12. The molecular formula is C11H18N2O3S. The van der Waals surface area contributed by atoms with E-state index < -0.39 is 0 Å². The number of nitrogens with zero attached hydrogens (tertiary/aromatic N) is 2. The molecule has 96 valence electrons. The van der Waals surface area contributed by atoms with Crippen molar-refractivity contribution in [3.8, 4) is 0 Å². The van der Waals surface area contributed by atoms with Crippen LogP contribution in [0.3, 0.4) is 0 Å². The monoisotopic (exact) mass is 258 g/mol. The number of hydrogen-bond acceptors (Lipinski definition) is 6. The maximum Gasteiger partial charge on any atom is 0.302 e. The lowest BCUT2D eigenvalue weighted by molar-refractivity contribution is -0.147. The fourth-order valence-electron chi connectivity index (χ4n) is 1.90. The minimum atomic E-state index is -0.250. The molecule has 0 aliphatic carbocycles. The summed E-state index contributed by atoms with van der Waals surface area (Å²) in [5, 5.41) is 1.02. The van der Waals surface area contributed by atoms with Gasteiger partial charge in [0.25, 0.3) is 0 Å². The van der Waals surface area contributed by atoms with Gasteiger partial charge in [0.2, 0.25) is 0 Å². The molecule has 6 heteroatoms. The van der Waals surface area contributed by atoms with E-state index in [0.29, 0.717) is 6.61 Å². The first-order valence-electron chi connectivity index (χ1n) is 5.77. The first-order chi connectivity index (χ1) is 8.06. The van der Waals surface area contributed by atoms with Crippen LogP contribution in [0.2, 0.25) is 0 Å². The number of hydrogen-bond donors (Lipinski definition) is 0. The Hall–Kier alpha value is -0.750. The van der Waals surface area contributed by atoms with Crippen LogP contribution in [0.25, 0.3) is 0 Å². The smallest absolute Gasteiger partial charge is 0.302 e. The van der Waals surface area contributed by atoms with Crippen LogP contribution >= 0.6 is 11.8 Å². The minimum absolute atomic E-state index is 0.0179. The number of fused-ring (bicyclic) bond motifs is 1. The van der Waals surface area contributed by atoms with Crippen molar-refractivity contribution in [2.75, 3.05) is 20.7 Å². The van der Waals surface area contributed by atoms with Crippen molar-refractivity contribution >= 4 is 22.9 Å². The predicted octanol–water partition coefficient (Wildman–Crippen LogP) is 1.09. The lowest BCUT2D eigenvalue weighted by atomic mass is 10.1. The van der Waals surface area contributed by atoms with E-state index >= 15 is 0 Å². The summed E-state index contributed by atoms with van der Waals surface area (Å²) in [6.45, 7) is 1.78. The number of amidine groups is 1. The second kappa shape index (κ2) is 5.27. The Labute approximate surface area is 106 Å². The number of aliphatic imine (C=N–C) groups is 1. The Bertz CT molecular complexity index is 333. The molecule has 2 rings (SSSR count). The number of rotatable bonds is 2. The fraction of sp³-hybridized carbons (Fsp3) is 0.818. The molecule has 3 atom stereocenters. The normalized spacial score (nSPS) is 31.7. The summed E-state index contributed by atoms with van der Waals surface area (Å²) in [5.74, 6) is -0.250. The molecule has 1 fully saturated rings. The van der Waals surface area contributed by atoms with Crippen molar-refractivity contribution in [1.82, 2.24) is 4.90 Å². The molecule has 2 aliphatic rings. The average Bonchev–Trinajstić information content (AvgIpc) is 2.69. The zero-order valence-electron chi connectivity index (χ0n) is 10.4. The molecule has 0 N–H and O–H groups in total. The zero-order chi connectivity index (χ0) is 12.4. The molecule has 0 aromatic rings. The average molecular weight is 258 g/mol. The molecule has 0 unspecified atom stereocenters. The van der Waals surface area contributed by atoms with Crippen LogP contribution in [-0.4, -0.2) is 54.3 Å². The van der Waals surface area contributed by atoms with E-state index in [0.717, 1.165) is 18.0 Å². The second-order valence-electron chi connectivity index (χ2n) is 4.50. The van der Waals surface area contributed by atoms with Crippen LogP contribution in [0.4, 0.5) is 0 Å². The molecule has 2 aliphatic heterocycles. The largest absolute Gasteiger partial charge is 0.463 e. The third-order valence-electron chi connectivity index (χ3n) is 2.78. The van der Waals surface area contributed by atoms with E-state index in [9.17, 15) is 4.79 Å². The standard InChI is InChI=1S/C11H18N2O3S/c1-7(14)15-6-8-4-5-9-10(16-8)17-11(12-9)13(2)3/h8-10H,4-6H2,1-3H3/t8-,9-,10-/m1/s1. The van der Waals surface area contributed by atoms with Gasteiger partial charge in [-0.1, -0.05) is 11.8 Å². The lowest BCUT2D eigenvalue weighted by Crippen LogP contribution is -2.36. The molecule has 17 heavy (non-hydrogen) atoms. The van der Waals surface area contributed by atoms with E-state index in [-0.39, 0.29) is 23.6 Å². The summed E-state index contributed by atoms with van der Waals surface area (Å²) in [6, 6.07) is 0.256. The molecule has 0 aromatic carbocycles. The zero-order valence-corrected chi connectivity index (χ0v) is 11.2. The number of esters is 1. The third kappa shape index (κ3) is 3.13. The Kier molecular flexibility index (Phi) is 3.93. The Morgan fingerprint density at radius 1 is 1.59 bits per heavy atom. The van der Waals surface area contributed by atoms with Gasteiger partial charge in [0.15, 0.2) is 5.17 Å². The highest BCUT2D eigenvalue weighted by molar-refractivity contribution is 8.14. The van der Waals surface area contributed by atoms with Gasteiger partial charge in [-0.25, -0.2) is 0 Å². The maximum atomic E-state index is 10.7. The first kappa shape index (κ1) is 12.7. The van der Waals surface area contributed by atoms with E-state index in [2.05, 4.69) is 4.99 Å². The Balaban J connectivity index is 1.84. The van der Waals surface area contributed by atoms with Crippen LogP contribution in [-0.2, 0) is 14.3 Å². The van der Waals surface area contributed by atoms with Crippen molar-refractivity contribution in [1.29, 1.82) is 0 Å². The molecule has 0 amide bonds. The summed E-state index contributed by atoms with van der Waals surface area (Å²) in [5.41, 5.74) is 0.0849. The van der Waals surface area contributed by atoms with Gasteiger partial charge in [0.05, 0.1) is 12.1 Å². The molecular weight excluding hydrogens is 240 g/mol. The van der Waals surface area contributed by atoms with Crippen LogP contribution in [0, 0.1) is 0 Å². The van der Waals surface area contributed by atoms with Gasteiger partial charge in [0, 0.05) is 21.0 Å². The molecule has 5 nitrogen and oxygen atoms in total. The van der Waals surface area contributed by atoms with Gasteiger partial charge in [0.1, 0.15) is 12.0 Å². The SMILES string of the molecule is CC(=O)OC[C@H]1CC[C@H]2N=C(N(C)C)S[C@H]2O1. The number of carbonyl (C=O) groups is 1. The number of ether oxygens (including phenoxy) is 2. The summed E-state index contributed by atoms with van der Waals surface area (Å²) in [4.78, 5) is 17.4. The summed E-state index contributed by atoms with van der Waals surface area (Å²) in [6.07, 6.45) is 1.92. The van der Waals surface area contributed by atoms with Crippen molar-refractivity contribution in [2.45, 2.75) is 37.3 Å². The van der Waals surface area contributed by atoms with E-state index in [1.807, 2.05) is 19.0 Å². The summed E-state index contributed by atoms with van der Waals surface area (Å²) in [7, 11) is 3.97. The van der Waals surface area contributed by atoms with Crippen molar-refractivity contribution in [3.05, 3.63) is 0 Å². The molecule has 0 saturated carbocycles. The van der Waals surface area contributed by atoms with Gasteiger partial charge in [-0.15, -0.1) is 0 Å². The molecule has 0 radical (unpaired) electrons. The lowest BCUT2D eigenvalue weighted by Gasteiger charge is -2.30. The van der Waals surface area contributed by atoms with E-state index in [1.165, 1.54) is 6.92 Å². The van der Waals surface area contributed by atoms with Gasteiger partial charge in [-0.3, -0.25) is 9.79 Å². The van der Waals surface area contributed by atoms with Gasteiger partial charge < -0.3 is 14.4 Å². The van der Waals surface area contributed by atoms with Gasteiger partial charge in [-0.05, 0) is 12.8 Å². The first-order valence-corrected chi connectivity index (χ1v) is 6.65. The quantitative estimate of drug-likeness (QED) is 0.694. The van der Waals surface area contributed by atoms with Crippen molar-refractivity contribution < 1.29 is 14.3 Å². The highest BCUT2D eigenvalue weighted by Gasteiger charge is 2.37. The van der Waals surface area contributed by atoms with Crippen molar-refractivity contribution in [3.63, 3.8) is 0 Å².